The molecule has 40 heavy (non-hydrogen) atoms. The molecule has 0 saturated carbocycles. The highest BCUT2D eigenvalue weighted by Gasteiger charge is 2.40. The van der Waals surface area contributed by atoms with Crippen LogP contribution in [0.5, 0.6) is 0 Å². The van der Waals surface area contributed by atoms with Gasteiger partial charge in [0.25, 0.3) is 0 Å². The molecule has 3 aromatic rings. The Hall–Kier alpha value is -2.88. The number of likely N-dealkylation sites (tertiary alicyclic amines) is 1. The number of nitrogens with zero attached hydrogens (tertiary/aromatic N) is 6. The van der Waals surface area contributed by atoms with E-state index < -0.39 is 0 Å². The van der Waals surface area contributed by atoms with Crippen LogP contribution in [-0.2, 0) is 17.8 Å². The number of rotatable bonds is 7. The predicted molar refractivity (Wildman–Crippen MR) is 164 cm³/mol. The van der Waals surface area contributed by atoms with Crippen molar-refractivity contribution in [3.05, 3.63) is 72.3 Å². The van der Waals surface area contributed by atoms with E-state index in [1.807, 2.05) is 6.07 Å². The second kappa shape index (κ2) is 11.9. The molecule has 0 radical (unpaired) electrons. The SMILES string of the molecule is CC1(S)CCN(Cc2ccc(N3CCOC4(CCN(c5cc(NCc6ccccc6)ncn5)CC4)C3)cn2)CC1. The maximum absolute atomic E-state index is 6.45. The highest BCUT2D eigenvalue weighted by Crippen LogP contribution is 2.34. The third kappa shape index (κ3) is 6.70. The van der Waals surface area contributed by atoms with Gasteiger partial charge in [0.05, 0.1) is 29.8 Å². The monoisotopic (exact) mass is 559 g/mol. The van der Waals surface area contributed by atoms with Crippen LogP contribution < -0.4 is 15.1 Å². The van der Waals surface area contributed by atoms with Gasteiger partial charge in [-0.2, -0.15) is 12.6 Å². The summed E-state index contributed by atoms with van der Waals surface area (Å²) in [6, 6.07) is 16.9. The van der Waals surface area contributed by atoms with E-state index in [2.05, 4.69) is 85.6 Å². The van der Waals surface area contributed by atoms with Crippen LogP contribution in [0.15, 0.2) is 61.1 Å². The Morgan fingerprint density at radius 3 is 2.45 bits per heavy atom. The molecule has 8 nitrogen and oxygen atoms in total. The van der Waals surface area contributed by atoms with Crippen LogP contribution in [0, 0.1) is 0 Å². The van der Waals surface area contributed by atoms with Crippen molar-refractivity contribution < 1.29 is 4.74 Å². The van der Waals surface area contributed by atoms with Crippen LogP contribution in [0.1, 0.15) is 43.9 Å². The highest BCUT2D eigenvalue weighted by atomic mass is 32.1. The Kier molecular flexibility index (Phi) is 8.14. The predicted octanol–water partition coefficient (Wildman–Crippen LogP) is 4.64. The molecule has 2 aromatic heterocycles. The molecule has 6 rings (SSSR count). The zero-order chi connectivity index (χ0) is 27.4. The molecule has 212 valence electrons. The molecule has 1 aromatic carbocycles. The van der Waals surface area contributed by atoms with Gasteiger partial charge in [-0.25, -0.2) is 9.97 Å². The number of morpholine rings is 1. The summed E-state index contributed by atoms with van der Waals surface area (Å²) in [7, 11) is 0. The number of hydrogen-bond acceptors (Lipinski definition) is 9. The van der Waals surface area contributed by atoms with Crippen molar-refractivity contribution in [3.8, 4) is 0 Å². The van der Waals surface area contributed by atoms with Crippen molar-refractivity contribution in [3.63, 3.8) is 0 Å². The van der Waals surface area contributed by atoms with Crippen LogP contribution in [0.4, 0.5) is 17.3 Å². The van der Waals surface area contributed by atoms with E-state index in [1.54, 1.807) is 6.33 Å². The van der Waals surface area contributed by atoms with Crippen molar-refractivity contribution in [2.75, 3.05) is 61.0 Å². The van der Waals surface area contributed by atoms with Crippen LogP contribution >= 0.6 is 12.6 Å². The minimum atomic E-state index is -0.123. The van der Waals surface area contributed by atoms with Crippen LogP contribution in [0.25, 0.3) is 0 Å². The summed E-state index contributed by atoms with van der Waals surface area (Å²) in [5, 5.41) is 3.43. The van der Waals surface area contributed by atoms with Crippen molar-refractivity contribution in [1.82, 2.24) is 19.9 Å². The van der Waals surface area contributed by atoms with E-state index in [1.165, 1.54) is 11.3 Å². The van der Waals surface area contributed by atoms with E-state index in [0.29, 0.717) is 0 Å². The first kappa shape index (κ1) is 27.3. The Balaban J connectivity index is 1.02. The summed E-state index contributed by atoms with van der Waals surface area (Å²) in [6.45, 7) is 10.5. The third-order valence-corrected chi connectivity index (χ3v) is 9.16. The summed E-state index contributed by atoms with van der Waals surface area (Å²) in [5.41, 5.74) is 3.45. The second-order valence-corrected chi connectivity index (χ2v) is 12.9. The fourth-order valence-corrected chi connectivity index (χ4v) is 6.24. The Bertz CT molecular complexity index is 1240. The zero-order valence-corrected chi connectivity index (χ0v) is 24.4. The van der Waals surface area contributed by atoms with Crippen molar-refractivity contribution in [2.45, 2.75) is 56.0 Å². The molecular formula is C31H41N7OS. The number of anilines is 3. The molecule has 5 heterocycles. The fraction of sp³-hybridized carbons (Fsp3) is 0.516. The lowest BCUT2D eigenvalue weighted by Gasteiger charge is -2.48. The van der Waals surface area contributed by atoms with E-state index in [4.69, 9.17) is 22.3 Å². The van der Waals surface area contributed by atoms with Crippen LogP contribution in [-0.4, -0.2) is 76.1 Å². The van der Waals surface area contributed by atoms with Crippen molar-refractivity contribution in [2.24, 2.45) is 0 Å². The summed E-state index contributed by atoms with van der Waals surface area (Å²) in [4.78, 5) is 21.2. The van der Waals surface area contributed by atoms with Gasteiger partial charge >= 0.3 is 0 Å². The average molecular weight is 560 g/mol. The number of hydrogen-bond donors (Lipinski definition) is 2. The molecule has 1 N–H and O–H groups in total. The largest absolute Gasteiger partial charge is 0.371 e. The second-order valence-electron chi connectivity index (χ2n) is 11.8. The molecule has 0 bridgehead atoms. The molecule has 9 heteroatoms. The van der Waals surface area contributed by atoms with E-state index in [-0.39, 0.29) is 10.3 Å². The minimum absolute atomic E-state index is 0.123. The maximum Gasteiger partial charge on any atom is 0.134 e. The number of aromatic nitrogens is 3. The summed E-state index contributed by atoms with van der Waals surface area (Å²) < 4.78 is 6.62. The highest BCUT2D eigenvalue weighted by molar-refractivity contribution is 7.81. The molecule has 3 saturated heterocycles. The molecule has 0 unspecified atom stereocenters. The first-order valence-corrected chi connectivity index (χ1v) is 15.0. The number of pyridine rings is 1. The van der Waals surface area contributed by atoms with E-state index in [0.717, 1.165) is 102 Å². The van der Waals surface area contributed by atoms with E-state index >= 15 is 0 Å². The third-order valence-electron chi connectivity index (χ3n) is 8.71. The molecule has 0 atom stereocenters. The first-order valence-electron chi connectivity index (χ1n) is 14.6. The van der Waals surface area contributed by atoms with E-state index in [9.17, 15) is 0 Å². The van der Waals surface area contributed by atoms with Gasteiger partial charge in [-0.3, -0.25) is 9.88 Å². The van der Waals surface area contributed by atoms with Gasteiger partial charge in [0, 0.05) is 50.1 Å². The Labute approximate surface area is 243 Å². The van der Waals surface area contributed by atoms with Gasteiger partial charge in [0.15, 0.2) is 0 Å². The molecule has 3 fully saturated rings. The van der Waals surface area contributed by atoms with Gasteiger partial charge in [-0.1, -0.05) is 37.3 Å². The Morgan fingerprint density at radius 2 is 1.70 bits per heavy atom. The molecule has 1 spiro atoms. The van der Waals surface area contributed by atoms with Gasteiger partial charge in [0.2, 0.25) is 0 Å². The van der Waals surface area contributed by atoms with Crippen LogP contribution in [0.2, 0.25) is 0 Å². The smallest absolute Gasteiger partial charge is 0.134 e. The first-order chi connectivity index (χ1) is 19.5. The molecule has 0 amide bonds. The van der Waals surface area contributed by atoms with Gasteiger partial charge in [0.1, 0.15) is 18.0 Å². The number of piperidine rings is 2. The lowest BCUT2D eigenvalue weighted by Crippen LogP contribution is -2.57. The van der Waals surface area contributed by atoms with Crippen LogP contribution in [0.3, 0.4) is 0 Å². The summed E-state index contributed by atoms with van der Waals surface area (Å²) in [6.07, 6.45) is 7.93. The number of ether oxygens (including phenoxy) is 1. The number of benzene rings is 1. The zero-order valence-electron chi connectivity index (χ0n) is 23.5. The normalized spacial score (nSPS) is 20.9. The molecule has 0 aliphatic carbocycles. The average Bonchev–Trinajstić information content (AvgIpc) is 2.99. The van der Waals surface area contributed by atoms with Crippen molar-refractivity contribution >= 4 is 30.0 Å². The Morgan fingerprint density at radius 1 is 0.900 bits per heavy atom. The summed E-state index contributed by atoms with van der Waals surface area (Å²) >= 11 is 4.78. The fourth-order valence-electron chi connectivity index (χ4n) is 6.04. The molecular weight excluding hydrogens is 518 g/mol. The lowest BCUT2D eigenvalue weighted by molar-refractivity contribution is -0.0705. The minimum Gasteiger partial charge on any atom is -0.371 e. The standard InChI is InChI=1S/C31H41N7OS/c1-30(40)9-13-36(14-10-30)22-26-7-8-27(21-32-26)38-17-18-39-31(23-38)11-15-37(16-12-31)29-19-28(34-24-35-29)33-20-25-5-3-2-4-6-25/h2-8,19,21,24,40H,9-18,20,22-23H2,1H3,(H,33,34,35). The lowest BCUT2D eigenvalue weighted by atomic mass is 9.89. The molecule has 3 aliphatic rings. The quantitative estimate of drug-likeness (QED) is 0.406. The maximum atomic E-state index is 6.45. The van der Waals surface area contributed by atoms with Gasteiger partial charge in [-0.15, -0.1) is 0 Å². The summed E-state index contributed by atoms with van der Waals surface area (Å²) in [5.74, 6) is 1.83. The van der Waals surface area contributed by atoms with Crippen molar-refractivity contribution in [1.29, 1.82) is 0 Å². The number of nitrogens with one attached hydrogen (secondary N) is 1. The molecule has 3 aliphatic heterocycles. The van der Waals surface area contributed by atoms with Gasteiger partial charge in [-0.05, 0) is 56.5 Å². The number of thiol groups is 1. The van der Waals surface area contributed by atoms with Gasteiger partial charge < -0.3 is 19.9 Å². The topological polar surface area (TPSA) is 69.7 Å².